The molecule has 0 aliphatic carbocycles. The van der Waals surface area contributed by atoms with Gasteiger partial charge in [-0.15, -0.1) is 0 Å². The van der Waals surface area contributed by atoms with Crippen LogP contribution in [0.5, 0.6) is 0 Å². The normalized spacial score (nSPS) is 37.0. The third-order valence-electron chi connectivity index (χ3n) is 3.53. The Morgan fingerprint density at radius 3 is 2.13 bits per heavy atom. The Kier molecular flexibility index (Phi) is 7.89. The van der Waals surface area contributed by atoms with Crippen LogP contribution in [0.3, 0.4) is 0 Å². The van der Waals surface area contributed by atoms with Gasteiger partial charge in [0.15, 0.2) is 12.6 Å². The first-order chi connectivity index (χ1) is 10.8. The van der Waals surface area contributed by atoms with E-state index in [0.717, 1.165) is 0 Å². The Morgan fingerprint density at radius 2 is 1.65 bits per heavy atom. The number of hydrogen-bond acceptors (Lipinski definition) is 11. The smallest absolute Gasteiger partial charge is 0.187 e. The molecule has 0 radical (unpaired) electrons. The number of rotatable bonds is 8. The van der Waals surface area contributed by atoms with Crippen molar-refractivity contribution < 1.29 is 55.1 Å². The largest absolute Gasteiger partial charge is 0.394 e. The molecule has 1 rings (SSSR count). The van der Waals surface area contributed by atoms with Gasteiger partial charge in [-0.05, 0) is 0 Å². The molecule has 23 heavy (non-hydrogen) atoms. The van der Waals surface area contributed by atoms with Crippen LogP contribution in [0, 0.1) is 0 Å². The summed E-state index contributed by atoms with van der Waals surface area (Å²) in [5, 5.41) is 75.7. The number of aldehydes is 1. The Hall–Kier alpha value is -0.730. The van der Waals surface area contributed by atoms with Crippen LogP contribution in [-0.2, 0) is 14.3 Å². The molecule has 11 heteroatoms. The van der Waals surface area contributed by atoms with Crippen LogP contribution in [0.1, 0.15) is 0 Å². The molecule has 0 saturated carbocycles. The van der Waals surface area contributed by atoms with Gasteiger partial charge in [-0.1, -0.05) is 0 Å². The van der Waals surface area contributed by atoms with E-state index in [4.69, 9.17) is 19.7 Å². The third kappa shape index (κ3) is 4.64. The van der Waals surface area contributed by atoms with Crippen molar-refractivity contribution in [1.82, 2.24) is 0 Å². The summed E-state index contributed by atoms with van der Waals surface area (Å²) >= 11 is 0. The maximum absolute atomic E-state index is 10.5. The van der Waals surface area contributed by atoms with Crippen LogP contribution in [0.2, 0.25) is 0 Å². The maximum Gasteiger partial charge on any atom is 0.187 e. The number of carbonyl (C=O) groups is 1. The predicted octanol–water partition coefficient (Wildman–Crippen LogP) is -5.55. The van der Waals surface area contributed by atoms with Crippen molar-refractivity contribution in [3.05, 3.63) is 0 Å². The molecule has 0 aromatic heterocycles. The van der Waals surface area contributed by atoms with E-state index >= 15 is 0 Å². The van der Waals surface area contributed by atoms with Crippen molar-refractivity contribution in [2.45, 2.75) is 55.1 Å². The fourth-order valence-corrected chi connectivity index (χ4v) is 2.11. The van der Waals surface area contributed by atoms with Gasteiger partial charge >= 0.3 is 0 Å². The Labute approximate surface area is 130 Å². The van der Waals surface area contributed by atoms with Gasteiger partial charge in [0.1, 0.15) is 48.8 Å². The fraction of sp³-hybridized carbons (Fsp3) is 0.917. The minimum Gasteiger partial charge on any atom is -0.394 e. The highest BCUT2D eigenvalue weighted by Crippen LogP contribution is 2.24. The van der Waals surface area contributed by atoms with Crippen molar-refractivity contribution in [2.75, 3.05) is 13.2 Å². The Morgan fingerprint density at radius 1 is 1.04 bits per heavy atom. The topological polar surface area (TPSA) is 197 Å². The summed E-state index contributed by atoms with van der Waals surface area (Å²) in [5.74, 6) is 0. The van der Waals surface area contributed by atoms with Gasteiger partial charge in [-0.25, -0.2) is 0 Å². The highest BCUT2D eigenvalue weighted by atomic mass is 16.7. The lowest BCUT2D eigenvalue weighted by Gasteiger charge is -2.42. The fourth-order valence-electron chi connectivity index (χ4n) is 2.11. The van der Waals surface area contributed by atoms with Gasteiger partial charge in [0.2, 0.25) is 0 Å². The lowest BCUT2D eigenvalue weighted by molar-refractivity contribution is -0.326. The zero-order valence-corrected chi connectivity index (χ0v) is 12.0. The van der Waals surface area contributed by atoms with E-state index in [9.17, 15) is 35.4 Å². The molecule has 1 saturated heterocycles. The standard InChI is InChI=1S/C12H22O11/c13-1-4(16)7(18)11(5(17)2-14)23-12-10(21)9(20)8(19)6(3-15)22-12/h1,4-12,14-21H,2-3H2/t4-,5+,6+,7+,8-,9-,10+,11+,12-/m0/s1. The van der Waals surface area contributed by atoms with Crippen LogP contribution in [0.15, 0.2) is 0 Å². The lowest BCUT2D eigenvalue weighted by atomic mass is 9.98. The Balaban J connectivity index is 2.91. The van der Waals surface area contributed by atoms with Gasteiger partial charge in [0.25, 0.3) is 0 Å². The molecule has 0 bridgehead atoms. The summed E-state index contributed by atoms with van der Waals surface area (Å²) in [6.45, 7) is -1.64. The molecule has 0 aromatic carbocycles. The number of ether oxygens (including phenoxy) is 2. The summed E-state index contributed by atoms with van der Waals surface area (Å²) < 4.78 is 10.1. The second-order valence-electron chi connectivity index (χ2n) is 5.17. The van der Waals surface area contributed by atoms with Crippen molar-refractivity contribution in [1.29, 1.82) is 0 Å². The number of carbonyl (C=O) groups excluding carboxylic acids is 1. The van der Waals surface area contributed by atoms with Crippen LogP contribution >= 0.6 is 0 Å². The first-order valence-electron chi connectivity index (χ1n) is 6.84. The molecule has 0 aromatic rings. The highest BCUT2D eigenvalue weighted by Gasteiger charge is 2.46. The molecule has 1 aliphatic heterocycles. The zero-order chi connectivity index (χ0) is 17.7. The van der Waals surface area contributed by atoms with Crippen LogP contribution in [-0.4, -0.2) is 115 Å². The van der Waals surface area contributed by atoms with Crippen molar-refractivity contribution in [3.8, 4) is 0 Å². The quantitative estimate of drug-likeness (QED) is 0.196. The van der Waals surface area contributed by atoms with Crippen molar-refractivity contribution in [3.63, 3.8) is 0 Å². The van der Waals surface area contributed by atoms with Crippen LogP contribution in [0.4, 0.5) is 0 Å². The first kappa shape index (κ1) is 20.3. The van der Waals surface area contributed by atoms with E-state index in [2.05, 4.69) is 0 Å². The summed E-state index contributed by atoms with van der Waals surface area (Å²) in [5.41, 5.74) is 0. The molecule has 0 unspecified atom stereocenters. The van der Waals surface area contributed by atoms with E-state index in [1.165, 1.54) is 0 Å². The van der Waals surface area contributed by atoms with Crippen molar-refractivity contribution in [2.24, 2.45) is 0 Å². The van der Waals surface area contributed by atoms with E-state index in [1.54, 1.807) is 0 Å². The average Bonchev–Trinajstić information content (AvgIpc) is 2.57. The lowest BCUT2D eigenvalue weighted by Crippen LogP contribution is -2.61. The third-order valence-corrected chi connectivity index (χ3v) is 3.53. The molecule has 11 nitrogen and oxygen atoms in total. The number of hydrogen-bond donors (Lipinski definition) is 8. The number of aliphatic hydroxyl groups excluding tert-OH is 8. The predicted molar refractivity (Wildman–Crippen MR) is 69.8 cm³/mol. The van der Waals surface area contributed by atoms with E-state index < -0.39 is 68.3 Å². The summed E-state index contributed by atoms with van der Waals surface area (Å²) in [6, 6.07) is 0. The second kappa shape index (κ2) is 8.94. The van der Waals surface area contributed by atoms with Gasteiger partial charge in [-0.2, -0.15) is 0 Å². The zero-order valence-electron chi connectivity index (χ0n) is 12.0. The molecular weight excluding hydrogens is 320 g/mol. The maximum atomic E-state index is 10.5. The van der Waals surface area contributed by atoms with Gasteiger partial charge in [-0.3, -0.25) is 0 Å². The summed E-state index contributed by atoms with van der Waals surface area (Å²) in [4.78, 5) is 10.5. The number of aliphatic hydroxyl groups is 8. The first-order valence-corrected chi connectivity index (χ1v) is 6.84. The second-order valence-corrected chi connectivity index (χ2v) is 5.17. The van der Waals surface area contributed by atoms with Crippen LogP contribution < -0.4 is 0 Å². The van der Waals surface area contributed by atoms with Gasteiger partial charge < -0.3 is 55.1 Å². The van der Waals surface area contributed by atoms with E-state index in [-0.39, 0.29) is 6.29 Å². The minimum absolute atomic E-state index is 0.0294. The Bertz CT molecular complexity index is 365. The molecular formula is C12H22O11. The molecule has 1 aliphatic rings. The van der Waals surface area contributed by atoms with Crippen LogP contribution in [0.25, 0.3) is 0 Å². The van der Waals surface area contributed by atoms with E-state index in [0.29, 0.717) is 0 Å². The van der Waals surface area contributed by atoms with Gasteiger partial charge in [0, 0.05) is 0 Å². The molecule has 1 heterocycles. The summed E-state index contributed by atoms with van der Waals surface area (Å²) in [7, 11) is 0. The molecule has 1 fully saturated rings. The van der Waals surface area contributed by atoms with Crippen molar-refractivity contribution >= 4 is 6.29 Å². The van der Waals surface area contributed by atoms with Gasteiger partial charge in [0.05, 0.1) is 13.2 Å². The minimum atomic E-state index is -1.97. The molecule has 136 valence electrons. The SMILES string of the molecule is O=C[C@H](O)[C@@H](O)[C@H](O[C@@H]1O[C@H](CO)[C@H](O)[C@H](O)[C@H]1O)[C@H](O)CO. The molecule has 9 atom stereocenters. The monoisotopic (exact) mass is 342 g/mol. The van der Waals surface area contributed by atoms with E-state index in [1.807, 2.05) is 0 Å². The molecule has 0 spiro atoms. The highest BCUT2D eigenvalue weighted by molar-refractivity contribution is 5.56. The molecule has 0 amide bonds. The average molecular weight is 342 g/mol. The summed E-state index contributed by atoms with van der Waals surface area (Å²) in [6.07, 6.45) is -15.7. The molecule has 8 N–H and O–H groups in total.